The molecule has 1 heterocycles. The lowest BCUT2D eigenvalue weighted by atomic mass is 9.97. The van der Waals surface area contributed by atoms with Crippen LogP contribution in [0.3, 0.4) is 0 Å². The summed E-state index contributed by atoms with van der Waals surface area (Å²) in [4.78, 5) is 15.1. The number of aryl methyl sites for hydroxylation is 2. The molecule has 0 aliphatic carbocycles. The summed E-state index contributed by atoms with van der Waals surface area (Å²) in [6, 6.07) is 12.4. The van der Waals surface area contributed by atoms with Crippen molar-refractivity contribution in [1.29, 1.82) is 0 Å². The molecule has 2 aromatic rings. The van der Waals surface area contributed by atoms with Gasteiger partial charge in [-0.1, -0.05) is 32.0 Å². The molecule has 3 rings (SSSR count). The molecule has 0 radical (unpaired) electrons. The zero-order valence-electron chi connectivity index (χ0n) is 16.1. The Hall–Kier alpha value is -2.18. The summed E-state index contributed by atoms with van der Waals surface area (Å²) >= 11 is 0. The summed E-state index contributed by atoms with van der Waals surface area (Å²) in [7, 11) is -3.52. The van der Waals surface area contributed by atoms with E-state index in [0.717, 1.165) is 24.1 Å². The topological polar surface area (TPSA) is 57.7 Å². The van der Waals surface area contributed by atoms with E-state index in [4.69, 9.17) is 0 Å². The Morgan fingerprint density at radius 3 is 2.37 bits per heavy atom. The Balaban J connectivity index is 1.90. The largest absolute Gasteiger partial charge is 0.308 e. The number of hydrogen-bond donors (Lipinski definition) is 0. The van der Waals surface area contributed by atoms with Crippen molar-refractivity contribution in [2.45, 2.75) is 38.5 Å². The summed E-state index contributed by atoms with van der Waals surface area (Å²) in [6.45, 7) is 7.16. The number of sulfonamides is 1. The van der Waals surface area contributed by atoms with Gasteiger partial charge in [0.15, 0.2) is 0 Å². The minimum Gasteiger partial charge on any atom is -0.308 e. The molecule has 2 aromatic carbocycles. The number of carbonyl (C=O) groups is 1. The number of hydrogen-bond acceptors (Lipinski definition) is 3. The lowest BCUT2D eigenvalue weighted by Gasteiger charge is -2.31. The quantitative estimate of drug-likeness (QED) is 0.789. The first-order valence-corrected chi connectivity index (χ1v) is 10.8. The molecule has 5 nitrogen and oxygen atoms in total. The number of benzene rings is 2. The van der Waals surface area contributed by atoms with Crippen molar-refractivity contribution in [2.24, 2.45) is 0 Å². The van der Waals surface area contributed by atoms with Crippen LogP contribution in [0.4, 0.5) is 5.69 Å². The van der Waals surface area contributed by atoms with Crippen molar-refractivity contribution < 1.29 is 13.2 Å². The maximum absolute atomic E-state index is 13.1. The van der Waals surface area contributed by atoms with Gasteiger partial charge < -0.3 is 4.90 Å². The molecule has 0 saturated heterocycles. The molecule has 0 saturated carbocycles. The predicted molar refractivity (Wildman–Crippen MR) is 108 cm³/mol. The molecule has 0 aromatic heterocycles. The van der Waals surface area contributed by atoms with Crippen LogP contribution in [-0.4, -0.2) is 38.3 Å². The maximum atomic E-state index is 13.1. The fraction of sp³-hybridized carbons (Fsp3) is 0.381. The number of carbonyl (C=O) groups excluding carboxylic acids is 1. The van der Waals surface area contributed by atoms with E-state index in [0.29, 0.717) is 25.2 Å². The van der Waals surface area contributed by atoms with Gasteiger partial charge in [0.2, 0.25) is 10.0 Å². The first-order chi connectivity index (χ1) is 12.9. The average Bonchev–Trinajstić information content (AvgIpc) is 2.68. The van der Waals surface area contributed by atoms with E-state index in [9.17, 15) is 13.2 Å². The Morgan fingerprint density at radius 1 is 1.07 bits per heavy atom. The summed E-state index contributed by atoms with van der Waals surface area (Å²) in [5, 5.41) is 0. The lowest BCUT2D eigenvalue weighted by molar-refractivity contribution is 0.0985. The van der Waals surface area contributed by atoms with Crippen LogP contribution in [0.25, 0.3) is 0 Å². The summed E-state index contributed by atoms with van der Waals surface area (Å²) < 4.78 is 26.6. The molecule has 1 amide bonds. The highest BCUT2D eigenvalue weighted by molar-refractivity contribution is 7.89. The number of fused-ring (bicyclic) bond motifs is 1. The van der Waals surface area contributed by atoms with Crippen molar-refractivity contribution in [3.8, 4) is 0 Å². The average molecular weight is 387 g/mol. The highest BCUT2D eigenvalue weighted by Crippen LogP contribution is 2.31. The van der Waals surface area contributed by atoms with Gasteiger partial charge in [-0.2, -0.15) is 4.31 Å². The minimum absolute atomic E-state index is 0.0861. The van der Waals surface area contributed by atoms with Crippen molar-refractivity contribution >= 4 is 21.6 Å². The summed E-state index contributed by atoms with van der Waals surface area (Å²) in [5.74, 6) is -0.0861. The van der Waals surface area contributed by atoms with Crippen LogP contribution >= 0.6 is 0 Å². The van der Waals surface area contributed by atoms with Gasteiger partial charge >= 0.3 is 0 Å². The van der Waals surface area contributed by atoms with E-state index < -0.39 is 10.0 Å². The van der Waals surface area contributed by atoms with Crippen molar-refractivity contribution in [1.82, 2.24) is 4.31 Å². The molecule has 0 bridgehead atoms. The van der Waals surface area contributed by atoms with Crippen molar-refractivity contribution in [3.05, 3.63) is 59.2 Å². The second kappa shape index (κ2) is 7.82. The Morgan fingerprint density at radius 2 is 1.74 bits per heavy atom. The van der Waals surface area contributed by atoms with E-state index >= 15 is 0 Å². The molecule has 1 aliphatic rings. The Bertz CT molecular complexity index is 932. The molecular weight excluding hydrogens is 360 g/mol. The SMILES string of the molecule is CCN(CC)S(=O)(=O)c1ccc(C(=O)N2CCCc3cccc(C)c32)cc1. The molecule has 27 heavy (non-hydrogen) atoms. The zero-order chi connectivity index (χ0) is 19.6. The number of nitrogens with zero attached hydrogens (tertiary/aromatic N) is 2. The van der Waals surface area contributed by atoms with Gasteiger partial charge in [-0.3, -0.25) is 4.79 Å². The van der Waals surface area contributed by atoms with Gasteiger partial charge in [0, 0.05) is 25.2 Å². The van der Waals surface area contributed by atoms with Gasteiger partial charge in [0.05, 0.1) is 10.6 Å². The summed E-state index contributed by atoms with van der Waals surface area (Å²) in [5.41, 5.74) is 3.77. The lowest BCUT2D eigenvalue weighted by Crippen LogP contribution is -2.36. The first kappa shape index (κ1) is 19.6. The maximum Gasteiger partial charge on any atom is 0.258 e. The number of rotatable bonds is 5. The van der Waals surface area contributed by atoms with Crippen molar-refractivity contribution in [3.63, 3.8) is 0 Å². The zero-order valence-corrected chi connectivity index (χ0v) is 16.9. The Labute approximate surface area is 161 Å². The fourth-order valence-corrected chi connectivity index (χ4v) is 5.15. The minimum atomic E-state index is -3.52. The molecule has 0 N–H and O–H groups in total. The van der Waals surface area contributed by atoms with E-state index in [1.54, 1.807) is 12.1 Å². The van der Waals surface area contributed by atoms with Gasteiger partial charge in [-0.15, -0.1) is 0 Å². The van der Waals surface area contributed by atoms with Crippen LogP contribution in [-0.2, 0) is 16.4 Å². The second-order valence-corrected chi connectivity index (χ2v) is 8.69. The van der Waals surface area contributed by atoms with Crippen LogP contribution in [0.2, 0.25) is 0 Å². The second-order valence-electron chi connectivity index (χ2n) is 6.76. The molecule has 1 aliphatic heterocycles. The first-order valence-electron chi connectivity index (χ1n) is 9.40. The van der Waals surface area contributed by atoms with Gasteiger partial charge in [0.25, 0.3) is 5.91 Å². The van der Waals surface area contributed by atoms with E-state index in [1.807, 2.05) is 37.8 Å². The highest BCUT2D eigenvalue weighted by atomic mass is 32.2. The molecule has 0 spiro atoms. The van der Waals surface area contributed by atoms with Gasteiger partial charge in [-0.05, 0) is 55.2 Å². The summed E-state index contributed by atoms with van der Waals surface area (Å²) in [6.07, 6.45) is 1.90. The van der Waals surface area contributed by atoms with Crippen LogP contribution in [0.5, 0.6) is 0 Å². The molecule has 0 fully saturated rings. The van der Waals surface area contributed by atoms with Crippen LogP contribution in [0.15, 0.2) is 47.4 Å². The van der Waals surface area contributed by atoms with Crippen LogP contribution < -0.4 is 4.90 Å². The molecular formula is C21H26N2O3S. The normalized spacial score (nSPS) is 14.3. The third-order valence-electron chi connectivity index (χ3n) is 5.11. The van der Waals surface area contributed by atoms with Crippen molar-refractivity contribution in [2.75, 3.05) is 24.5 Å². The fourth-order valence-electron chi connectivity index (χ4n) is 3.69. The third-order valence-corrected chi connectivity index (χ3v) is 7.17. The number of para-hydroxylation sites is 1. The standard InChI is InChI=1S/C21H26N2O3S/c1-4-22(5-2)27(25,26)19-13-11-18(12-14-19)21(24)23-15-7-10-17-9-6-8-16(3)20(17)23/h6,8-9,11-14H,4-5,7,10,15H2,1-3H3. The van der Waals surface area contributed by atoms with Crippen LogP contribution in [0.1, 0.15) is 41.8 Å². The third kappa shape index (κ3) is 3.64. The van der Waals surface area contributed by atoms with E-state index in [1.165, 1.54) is 22.0 Å². The molecule has 6 heteroatoms. The van der Waals surface area contributed by atoms with E-state index in [2.05, 4.69) is 6.07 Å². The predicted octanol–water partition coefficient (Wildman–Crippen LogP) is 3.62. The molecule has 0 unspecified atom stereocenters. The number of anilines is 1. The van der Waals surface area contributed by atoms with Gasteiger partial charge in [0.1, 0.15) is 0 Å². The monoisotopic (exact) mass is 386 g/mol. The Kier molecular flexibility index (Phi) is 5.67. The van der Waals surface area contributed by atoms with Gasteiger partial charge in [-0.25, -0.2) is 8.42 Å². The molecule has 0 atom stereocenters. The van der Waals surface area contributed by atoms with E-state index in [-0.39, 0.29) is 10.8 Å². The highest BCUT2D eigenvalue weighted by Gasteiger charge is 2.26. The van der Waals surface area contributed by atoms with Crippen LogP contribution in [0, 0.1) is 6.92 Å². The smallest absolute Gasteiger partial charge is 0.258 e. The molecule has 144 valence electrons. The number of amides is 1.